The molecule has 1 atom stereocenters. The van der Waals surface area contributed by atoms with Crippen LogP contribution < -0.4 is 5.73 Å². The predicted molar refractivity (Wildman–Crippen MR) is 70.9 cm³/mol. The highest BCUT2D eigenvalue weighted by Gasteiger charge is 2.19. The lowest BCUT2D eigenvalue weighted by Crippen LogP contribution is -2.35. The molecule has 0 radical (unpaired) electrons. The molecular weight excluding hydrogens is 212 g/mol. The number of amides is 1. The fourth-order valence-electron chi connectivity index (χ4n) is 2.11. The Kier molecular flexibility index (Phi) is 4.70. The van der Waals surface area contributed by atoms with Crippen molar-refractivity contribution < 1.29 is 4.79 Å². The molecule has 0 aliphatic carbocycles. The van der Waals surface area contributed by atoms with Gasteiger partial charge in [-0.25, -0.2) is 0 Å². The molecule has 1 unspecified atom stereocenters. The van der Waals surface area contributed by atoms with Gasteiger partial charge in [0.1, 0.15) is 0 Å². The van der Waals surface area contributed by atoms with Gasteiger partial charge in [0.15, 0.2) is 0 Å². The summed E-state index contributed by atoms with van der Waals surface area (Å²) in [5.74, 6) is -0.0159. The monoisotopic (exact) mass is 234 g/mol. The molecule has 1 aromatic carbocycles. The van der Waals surface area contributed by atoms with Crippen molar-refractivity contribution in [1.82, 2.24) is 4.90 Å². The fourth-order valence-corrected chi connectivity index (χ4v) is 2.11. The van der Waals surface area contributed by atoms with E-state index in [2.05, 4.69) is 32.0 Å². The van der Waals surface area contributed by atoms with Crippen molar-refractivity contribution in [1.29, 1.82) is 0 Å². The fraction of sp³-hybridized carbons (Fsp3) is 0.500. The lowest BCUT2D eigenvalue weighted by molar-refractivity contribution is -0.132. The van der Waals surface area contributed by atoms with Gasteiger partial charge in [-0.1, -0.05) is 29.3 Å². The molecule has 0 heterocycles. The number of nitrogens with two attached hydrogens (primary N) is 1. The average molecular weight is 234 g/mol. The van der Waals surface area contributed by atoms with Crippen LogP contribution in [0.4, 0.5) is 0 Å². The molecule has 94 valence electrons. The standard InChI is InChI=1S/C14H22N2O/c1-10-5-11(2)7-12(6-10)8-13(9-15)14(17)16(3)4/h5-7,13H,8-9,15H2,1-4H3. The Bertz CT molecular complexity index is 379. The zero-order valence-electron chi connectivity index (χ0n) is 11.2. The summed E-state index contributed by atoms with van der Waals surface area (Å²) in [6, 6.07) is 6.38. The van der Waals surface area contributed by atoms with Gasteiger partial charge in [0.05, 0.1) is 5.92 Å². The molecular formula is C14H22N2O. The van der Waals surface area contributed by atoms with Gasteiger partial charge < -0.3 is 10.6 Å². The number of nitrogens with zero attached hydrogens (tertiary/aromatic N) is 1. The SMILES string of the molecule is Cc1cc(C)cc(CC(CN)C(=O)N(C)C)c1. The third-order valence-electron chi connectivity index (χ3n) is 2.84. The van der Waals surface area contributed by atoms with Gasteiger partial charge in [-0.05, 0) is 25.8 Å². The van der Waals surface area contributed by atoms with E-state index in [1.807, 2.05) is 0 Å². The van der Waals surface area contributed by atoms with Crippen LogP contribution in [-0.2, 0) is 11.2 Å². The number of benzene rings is 1. The van der Waals surface area contributed by atoms with E-state index < -0.39 is 0 Å². The number of hydrogen-bond donors (Lipinski definition) is 1. The molecule has 0 saturated heterocycles. The first-order chi connectivity index (χ1) is 7.93. The van der Waals surface area contributed by atoms with E-state index in [1.165, 1.54) is 16.7 Å². The Morgan fingerprint density at radius 2 is 1.76 bits per heavy atom. The molecule has 2 N–H and O–H groups in total. The quantitative estimate of drug-likeness (QED) is 0.858. The van der Waals surface area contributed by atoms with Crippen LogP contribution in [0.2, 0.25) is 0 Å². The maximum atomic E-state index is 11.9. The summed E-state index contributed by atoms with van der Waals surface area (Å²) < 4.78 is 0. The number of hydrogen-bond acceptors (Lipinski definition) is 2. The van der Waals surface area contributed by atoms with Crippen LogP contribution in [0, 0.1) is 19.8 Å². The minimum atomic E-state index is -0.119. The van der Waals surface area contributed by atoms with Crippen molar-refractivity contribution in [2.24, 2.45) is 11.7 Å². The van der Waals surface area contributed by atoms with E-state index in [9.17, 15) is 4.79 Å². The molecule has 0 aliphatic rings. The largest absolute Gasteiger partial charge is 0.349 e. The Hall–Kier alpha value is -1.35. The Morgan fingerprint density at radius 3 is 2.18 bits per heavy atom. The van der Waals surface area contributed by atoms with Crippen molar-refractivity contribution in [3.8, 4) is 0 Å². The molecule has 17 heavy (non-hydrogen) atoms. The van der Waals surface area contributed by atoms with Gasteiger partial charge in [-0.15, -0.1) is 0 Å². The lowest BCUT2D eigenvalue weighted by atomic mass is 9.96. The summed E-state index contributed by atoms with van der Waals surface area (Å²) in [5.41, 5.74) is 9.34. The summed E-state index contributed by atoms with van der Waals surface area (Å²) in [6.45, 7) is 4.54. The van der Waals surface area contributed by atoms with Crippen molar-refractivity contribution >= 4 is 5.91 Å². The second-order valence-electron chi connectivity index (χ2n) is 4.87. The summed E-state index contributed by atoms with van der Waals surface area (Å²) in [7, 11) is 3.54. The van der Waals surface area contributed by atoms with E-state index in [0.29, 0.717) is 6.54 Å². The van der Waals surface area contributed by atoms with Crippen LogP contribution >= 0.6 is 0 Å². The topological polar surface area (TPSA) is 46.3 Å². The predicted octanol–water partition coefficient (Wildman–Crippen LogP) is 1.51. The van der Waals surface area contributed by atoms with Crippen LogP contribution in [0.15, 0.2) is 18.2 Å². The second-order valence-corrected chi connectivity index (χ2v) is 4.87. The minimum absolute atomic E-state index is 0.103. The van der Waals surface area contributed by atoms with Gasteiger partial charge >= 0.3 is 0 Å². The number of carbonyl (C=O) groups is 1. The Morgan fingerprint density at radius 1 is 1.24 bits per heavy atom. The number of aryl methyl sites for hydroxylation is 2. The van der Waals surface area contributed by atoms with Crippen LogP contribution in [0.5, 0.6) is 0 Å². The lowest BCUT2D eigenvalue weighted by Gasteiger charge is -2.19. The van der Waals surface area contributed by atoms with E-state index in [-0.39, 0.29) is 11.8 Å². The molecule has 0 spiro atoms. The second kappa shape index (κ2) is 5.82. The molecule has 3 nitrogen and oxygen atoms in total. The Balaban J connectivity index is 2.84. The number of rotatable bonds is 4. The normalized spacial score (nSPS) is 12.3. The highest BCUT2D eigenvalue weighted by molar-refractivity contribution is 5.78. The van der Waals surface area contributed by atoms with Gasteiger partial charge in [0, 0.05) is 20.6 Å². The zero-order chi connectivity index (χ0) is 13.0. The molecule has 1 rings (SSSR count). The average Bonchev–Trinajstić information content (AvgIpc) is 2.23. The van der Waals surface area contributed by atoms with Crippen LogP contribution in [0.3, 0.4) is 0 Å². The number of carbonyl (C=O) groups excluding carboxylic acids is 1. The van der Waals surface area contributed by atoms with Crippen molar-refractivity contribution in [3.63, 3.8) is 0 Å². The van der Waals surface area contributed by atoms with E-state index in [0.717, 1.165) is 6.42 Å². The molecule has 0 fully saturated rings. The molecule has 0 aliphatic heterocycles. The maximum absolute atomic E-state index is 11.9. The van der Waals surface area contributed by atoms with E-state index >= 15 is 0 Å². The van der Waals surface area contributed by atoms with Crippen LogP contribution in [0.25, 0.3) is 0 Å². The summed E-state index contributed by atoms with van der Waals surface area (Å²) in [4.78, 5) is 13.5. The third-order valence-corrected chi connectivity index (χ3v) is 2.84. The summed E-state index contributed by atoms with van der Waals surface area (Å²) in [5, 5.41) is 0. The first kappa shape index (κ1) is 13.7. The zero-order valence-corrected chi connectivity index (χ0v) is 11.2. The smallest absolute Gasteiger partial charge is 0.226 e. The van der Waals surface area contributed by atoms with Crippen molar-refractivity contribution in [3.05, 3.63) is 34.9 Å². The molecule has 0 saturated carbocycles. The van der Waals surface area contributed by atoms with E-state index in [1.54, 1.807) is 19.0 Å². The highest BCUT2D eigenvalue weighted by Crippen LogP contribution is 2.14. The van der Waals surface area contributed by atoms with Gasteiger partial charge in [0.2, 0.25) is 5.91 Å². The van der Waals surface area contributed by atoms with Crippen LogP contribution in [-0.4, -0.2) is 31.4 Å². The first-order valence-corrected chi connectivity index (χ1v) is 5.92. The van der Waals surface area contributed by atoms with E-state index in [4.69, 9.17) is 5.73 Å². The summed E-state index contributed by atoms with van der Waals surface area (Å²) >= 11 is 0. The highest BCUT2D eigenvalue weighted by atomic mass is 16.2. The van der Waals surface area contributed by atoms with Gasteiger partial charge in [-0.3, -0.25) is 4.79 Å². The van der Waals surface area contributed by atoms with Gasteiger partial charge in [-0.2, -0.15) is 0 Å². The van der Waals surface area contributed by atoms with Crippen molar-refractivity contribution in [2.45, 2.75) is 20.3 Å². The first-order valence-electron chi connectivity index (χ1n) is 5.92. The van der Waals surface area contributed by atoms with Crippen molar-refractivity contribution in [2.75, 3.05) is 20.6 Å². The summed E-state index contributed by atoms with van der Waals surface area (Å²) in [6.07, 6.45) is 0.718. The molecule has 0 aromatic heterocycles. The van der Waals surface area contributed by atoms with Gasteiger partial charge in [0.25, 0.3) is 0 Å². The molecule has 3 heteroatoms. The Labute approximate surface area is 104 Å². The maximum Gasteiger partial charge on any atom is 0.226 e. The minimum Gasteiger partial charge on any atom is -0.349 e. The molecule has 1 aromatic rings. The molecule has 0 bridgehead atoms. The molecule has 1 amide bonds. The van der Waals surface area contributed by atoms with Crippen LogP contribution in [0.1, 0.15) is 16.7 Å². The third kappa shape index (κ3) is 3.86.